The molecule has 1 N–H and O–H groups in total. The number of hydrogen-bond acceptors (Lipinski definition) is 4. The van der Waals surface area contributed by atoms with Crippen LogP contribution in [0, 0.1) is 29.6 Å². The van der Waals surface area contributed by atoms with Crippen LogP contribution in [0.3, 0.4) is 0 Å². The summed E-state index contributed by atoms with van der Waals surface area (Å²) in [5, 5.41) is 11.1. The Hall–Kier alpha value is -2.07. The lowest BCUT2D eigenvalue weighted by Crippen LogP contribution is -2.38. The minimum atomic E-state index is -0.261. The van der Waals surface area contributed by atoms with Crippen molar-refractivity contribution in [2.45, 2.75) is 105 Å². The van der Waals surface area contributed by atoms with E-state index in [1.54, 1.807) is 12.1 Å². The van der Waals surface area contributed by atoms with Gasteiger partial charge in [0.2, 0.25) is 0 Å². The lowest BCUT2D eigenvalue weighted by molar-refractivity contribution is -0.0174. The van der Waals surface area contributed by atoms with Crippen molar-refractivity contribution in [1.29, 1.82) is 0 Å². The van der Waals surface area contributed by atoms with Crippen molar-refractivity contribution in [3.8, 4) is 5.75 Å². The maximum atomic E-state index is 13.4. The molecule has 0 heterocycles. The average Bonchev–Trinajstić information content (AvgIpc) is 2.82. The summed E-state index contributed by atoms with van der Waals surface area (Å²) in [5.74, 6) is 2.18. The maximum absolute atomic E-state index is 13.4. The van der Waals surface area contributed by atoms with Crippen LogP contribution in [-0.4, -0.2) is 40.7 Å². The maximum Gasteiger partial charge on any atom is 0.338 e. The van der Waals surface area contributed by atoms with E-state index < -0.39 is 0 Å². The molecule has 0 amide bonds. The fourth-order valence-corrected chi connectivity index (χ4v) is 6.63. The Kier molecular flexibility index (Phi) is 10.5. The molecule has 0 radical (unpaired) electrons. The number of rotatable bonds is 10. The number of nitrogens with zero attached hydrogens (tertiary/aromatic N) is 1. The number of phenolic OH excluding ortho intramolecular Hbond substituents is 1. The number of carbonyl (C=O) groups excluding carboxylic acids is 1. The smallest absolute Gasteiger partial charge is 0.338 e. The summed E-state index contributed by atoms with van der Waals surface area (Å²) in [7, 11) is 0. The van der Waals surface area contributed by atoms with Crippen LogP contribution in [0.4, 0.5) is 0 Å². The van der Waals surface area contributed by atoms with Crippen LogP contribution in [-0.2, 0) is 4.74 Å². The molecule has 0 aromatic heterocycles. The van der Waals surface area contributed by atoms with Gasteiger partial charge < -0.3 is 9.84 Å². The SMILES string of the molecule is CC1C=CC=CC1[C@@H](CCN(C(C)C)C(C)C)c1cc(C(=O)O[C@@H]2C[C@H](C)CC[C@H]2C(C)C)ccc1O. The highest BCUT2D eigenvalue weighted by molar-refractivity contribution is 5.90. The van der Waals surface area contributed by atoms with E-state index >= 15 is 0 Å². The third kappa shape index (κ3) is 7.50. The largest absolute Gasteiger partial charge is 0.508 e. The molecule has 0 saturated heterocycles. The monoisotopic (exact) mass is 509 g/mol. The number of aromatic hydroxyl groups is 1. The van der Waals surface area contributed by atoms with Gasteiger partial charge in [-0.05, 0) is 113 Å². The molecule has 4 nitrogen and oxygen atoms in total. The Bertz CT molecular complexity index is 939. The van der Waals surface area contributed by atoms with Gasteiger partial charge in [0.25, 0.3) is 0 Å². The van der Waals surface area contributed by atoms with E-state index in [2.05, 4.69) is 84.6 Å². The number of esters is 1. The Morgan fingerprint density at radius 2 is 1.70 bits per heavy atom. The molecular formula is C33H51NO3. The fourth-order valence-electron chi connectivity index (χ4n) is 6.63. The molecule has 2 aliphatic carbocycles. The van der Waals surface area contributed by atoms with Crippen molar-refractivity contribution in [3.63, 3.8) is 0 Å². The van der Waals surface area contributed by atoms with Crippen LogP contribution in [0.25, 0.3) is 0 Å². The van der Waals surface area contributed by atoms with Gasteiger partial charge in [0, 0.05) is 12.1 Å². The van der Waals surface area contributed by atoms with Crippen LogP contribution >= 0.6 is 0 Å². The molecule has 1 aromatic carbocycles. The van der Waals surface area contributed by atoms with Crippen molar-refractivity contribution in [3.05, 3.63) is 53.6 Å². The van der Waals surface area contributed by atoms with Gasteiger partial charge in [-0.2, -0.15) is 0 Å². The number of allylic oxidation sites excluding steroid dienone is 4. The lowest BCUT2D eigenvalue weighted by atomic mass is 9.74. The molecule has 2 aliphatic rings. The molecule has 4 heteroatoms. The Morgan fingerprint density at radius 1 is 1.03 bits per heavy atom. The van der Waals surface area contributed by atoms with Gasteiger partial charge >= 0.3 is 5.97 Å². The van der Waals surface area contributed by atoms with Crippen molar-refractivity contribution in [2.75, 3.05) is 6.54 Å². The van der Waals surface area contributed by atoms with E-state index in [0.29, 0.717) is 41.3 Å². The lowest BCUT2D eigenvalue weighted by Gasteiger charge is -2.37. The van der Waals surface area contributed by atoms with E-state index in [1.165, 1.54) is 6.42 Å². The quantitative estimate of drug-likeness (QED) is 0.325. The van der Waals surface area contributed by atoms with E-state index in [-0.39, 0.29) is 29.7 Å². The van der Waals surface area contributed by atoms with Gasteiger partial charge in [0.1, 0.15) is 11.9 Å². The first kappa shape index (κ1) is 29.5. The minimum Gasteiger partial charge on any atom is -0.508 e. The predicted molar refractivity (Wildman–Crippen MR) is 154 cm³/mol. The third-order valence-corrected chi connectivity index (χ3v) is 8.84. The Balaban J connectivity index is 1.89. The molecular weight excluding hydrogens is 458 g/mol. The highest BCUT2D eigenvalue weighted by Crippen LogP contribution is 2.41. The molecule has 0 aliphatic heterocycles. The predicted octanol–water partition coefficient (Wildman–Crippen LogP) is 7.98. The van der Waals surface area contributed by atoms with E-state index in [1.807, 2.05) is 6.07 Å². The summed E-state index contributed by atoms with van der Waals surface area (Å²) < 4.78 is 6.17. The molecule has 206 valence electrons. The highest BCUT2D eigenvalue weighted by atomic mass is 16.5. The third-order valence-electron chi connectivity index (χ3n) is 8.84. The Morgan fingerprint density at radius 3 is 2.32 bits per heavy atom. The molecule has 37 heavy (non-hydrogen) atoms. The molecule has 1 saturated carbocycles. The fraction of sp³-hybridized carbons (Fsp3) is 0.667. The number of carbonyl (C=O) groups is 1. The van der Waals surface area contributed by atoms with Gasteiger partial charge in [0.15, 0.2) is 0 Å². The minimum absolute atomic E-state index is 0.0404. The molecule has 3 rings (SSSR count). The van der Waals surface area contributed by atoms with Crippen LogP contribution in [0.5, 0.6) is 5.75 Å². The van der Waals surface area contributed by atoms with Gasteiger partial charge in [-0.25, -0.2) is 4.79 Å². The Labute approximate surface area is 226 Å². The first-order valence-corrected chi connectivity index (χ1v) is 14.6. The van der Waals surface area contributed by atoms with Crippen LogP contribution in [0.2, 0.25) is 0 Å². The van der Waals surface area contributed by atoms with Gasteiger partial charge in [-0.1, -0.05) is 58.4 Å². The van der Waals surface area contributed by atoms with Crippen molar-refractivity contribution >= 4 is 5.97 Å². The first-order valence-electron chi connectivity index (χ1n) is 14.6. The molecule has 2 unspecified atom stereocenters. The number of benzene rings is 1. The summed E-state index contributed by atoms with van der Waals surface area (Å²) in [6, 6.07) is 6.22. The highest BCUT2D eigenvalue weighted by Gasteiger charge is 2.34. The zero-order chi connectivity index (χ0) is 27.3. The zero-order valence-electron chi connectivity index (χ0n) is 24.5. The number of hydrogen-bond donors (Lipinski definition) is 1. The summed E-state index contributed by atoms with van der Waals surface area (Å²) in [4.78, 5) is 15.9. The van der Waals surface area contributed by atoms with Crippen molar-refractivity contribution in [2.24, 2.45) is 29.6 Å². The van der Waals surface area contributed by atoms with Gasteiger partial charge in [-0.15, -0.1) is 0 Å². The topological polar surface area (TPSA) is 49.8 Å². The summed E-state index contributed by atoms with van der Waals surface area (Å²) in [5.41, 5.74) is 1.40. The van der Waals surface area contributed by atoms with Crippen molar-refractivity contribution in [1.82, 2.24) is 4.90 Å². The molecule has 1 fully saturated rings. The van der Waals surface area contributed by atoms with Gasteiger partial charge in [0.05, 0.1) is 5.56 Å². The molecule has 6 atom stereocenters. The second kappa shape index (κ2) is 13.1. The number of ether oxygens (including phenoxy) is 1. The van der Waals surface area contributed by atoms with Crippen LogP contribution in [0.1, 0.15) is 103 Å². The van der Waals surface area contributed by atoms with E-state index in [0.717, 1.165) is 31.4 Å². The first-order chi connectivity index (χ1) is 17.5. The van der Waals surface area contributed by atoms with Gasteiger partial charge in [-0.3, -0.25) is 4.90 Å². The molecule has 0 bridgehead atoms. The second-order valence-electron chi connectivity index (χ2n) is 12.6. The van der Waals surface area contributed by atoms with Crippen molar-refractivity contribution < 1.29 is 14.6 Å². The average molecular weight is 510 g/mol. The zero-order valence-corrected chi connectivity index (χ0v) is 24.5. The summed E-state index contributed by atoms with van der Waals surface area (Å²) in [6.07, 6.45) is 12.8. The second-order valence-corrected chi connectivity index (χ2v) is 12.6. The van der Waals surface area contributed by atoms with E-state index in [4.69, 9.17) is 4.74 Å². The summed E-state index contributed by atoms with van der Waals surface area (Å²) in [6.45, 7) is 18.9. The summed E-state index contributed by atoms with van der Waals surface area (Å²) >= 11 is 0. The molecule has 1 aromatic rings. The van der Waals surface area contributed by atoms with Crippen LogP contribution in [0.15, 0.2) is 42.5 Å². The normalized spacial score (nSPS) is 26.9. The van der Waals surface area contributed by atoms with Crippen LogP contribution < -0.4 is 0 Å². The molecule has 0 spiro atoms. The standard InChI is InChI=1S/C33H51NO3/c1-21(2)27-15-13-24(7)19-32(27)37-33(36)26-14-16-31(35)30(20-26)29(28-12-10-9-11-25(28)8)17-18-34(22(3)4)23(5)6/h9-12,14,16,20-25,27-29,32,35H,13,15,17-19H2,1-8H3/t24-,25?,27+,28?,29-,32-/m1/s1. The van der Waals surface area contributed by atoms with E-state index in [9.17, 15) is 9.90 Å². The number of phenols is 1.